The number of halogens is 1. The molecule has 3 rings (SSSR count). The van der Waals surface area contributed by atoms with Gasteiger partial charge in [0, 0.05) is 17.2 Å². The van der Waals surface area contributed by atoms with Crippen LogP contribution in [0.2, 0.25) is 0 Å². The lowest BCUT2D eigenvalue weighted by molar-refractivity contribution is -0.135. The summed E-state index contributed by atoms with van der Waals surface area (Å²) in [5, 5.41) is 9.05. The molecular formula is C24H31FN2O4. The summed E-state index contributed by atoms with van der Waals surface area (Å²) < 4.78 is 12.1. The maximum atomic E-state index is 12.1. The van der Waals surface area contributed by atoms with Crippen molar-refractivity contribution in [2.45, 2.75) is 32.2 Å². The van der Waals surface area contributed by atoms with E-state index in [0.29, 0.717) is 11.8 Å². The Balaban J connectivity index is 0.000000365. The highest BCUT2D eigenvalue weighted by Crippen LogP contribution is 2.41. The van der Waals surface area contributed by atoms with E-state index < -0.39 is 5.97 Å². The smallest absolute Gasteiger partial charge is 0.323 e. The minimum absolute atomic E-state index is 0.0606. The van der Waals surface area contributed by atoms with Crippen LogP contribution in [0.15, 0.2) is 48.5 Å². The number of hydrogen-bond acceptors (Lipinski definition) is 5. The predicted molar refractivity (Wildman–Crippen MR) is 120 cm³/mol. The van der Waals surface area contributed by atoms with Gasteiger partial charge in [0.1, 0.15) is 24.9 Å². The van der Waals surface area contributed by atoms with E-state index in [1.165, 1.54) is 24.3 Å². The number of aldehydes is 2. The van der Waals surface area contributed by atoms with Crippen molar-refractivity contribution in [3.05, 3.63) is 65.5 Å². The predicted octanol–water partition coefficient (Wildman–Crippen LogP) is 3.86. The van der Waals surface area contributed by atoms with E-state index in [1.807, 2.05) is 52.2 Å². The van der Waals surface area contributed by atoms with Gasteiger partial charge in [-0.3, -0.25) is 9.59 Å². The Morgan fingerprint density at radius 1 is 1.10 bits per heavy atom. The molecule has 0 spiro atoms. The number of carboxylic acid groups (broad SMARTS) is 1. The van der Waals surface area contributed by atoms with E-state index in [9.17, 15) is 18.8 Å². The molecule has 0 bridgehead atoms. The van der Waals surface area contributed by atoms with Gasteiger partial charge >= 0.3 is 5.97 Å². The molecule has 31 heavy (non-hydrogen) atoms. The molecule has 1 heterocycles. The molecule has 168 valence electrons. The molecule has 2 aromatic carbocycles. The van der Waals surface area contributed by atoms with E-state index in [0.717, 1.165) is 30.5 Å². The van der Waals surface area contributed by atoms with Gasteiger partial charge in [-0.25, -0.2) is 4.39 Å². The highest BCUT2D eigenvalue weighted by Gasteiger charge is 2.38. The number of carbonyl (C=O) groups is 3. The number of fused-ring (bicyclic) bond motifs is 1. The van der Waals surface area contributed by atoms with Crippen LogP contribution in [0, 0.1) is 5.82 Å². The van der Waals surface area contributed by atoms with Crippen LogP contribution >= 0.6 is 0 Å². The Labute approximate surface area is 183 Å². The van der Waals surface area contributed by atoms with E-state index in [2.05, 4.69) is 4.90 Å². The summed E-state index contributed by atoms with van der Waals surface area (Å²) >= 11 is 0. The SMILES string of the molecule is CC.CN(C)CCC1c2ccccc2N(CC(=O)O)C1C=O.O=Cc1ccc(F)cc1. The van der Waals surface area contributed by atoms with Gasteiger partial charge in [-0.2, -0.15) is 0 Å². The molecule has 0 fully saturated rings. The topological polar surface area (TPSA) is 77.9 Å². The third-order valence-electron chi connectivity index (χ3n) is 4.76. The monoisotopic (exact) mass is 430 g/mol. The number of anilines is 1. The first-order valence-electron chi connectivity index (χ1n) is 10.3. The Hall–Kier alpha value is -3.06. The maximum absolute atomic E-state index is 12.1. The summed E-state index contributed by atoms with van der Waals surface area (Å²) in [6.45, 7) is 4.73. The summed E-state index contributed by atoms with van der Waals surface area (Å²) in [7, 11) is 3.98. The van der Waals surface area contributed by atoms with Crippen molar-refractivity contribution in [3.8, 4) is 0 Å². The first kappa shape index (κ1) is 26.0. The first-order chi connectivity index (χ1) is 14.9. The molecule has 0 aliphatic carbocycles. The number of hydrogen-bond donors (Lipinski definition) is 1. The molecule has 2 atom stereocenters. The van der Waals surface area contributed by atoms with Gasteiger partial charge in [0.05, 0.1) is 6.04 Å². The van der Waals surface area contributed by atoms with Crippen molar-refractivity contribution >= 4 is 24.2 Å². The van der Waals surface area contributed by atoms with Crippen LogP contribution in [-0.2, 0) is 9.59 Å². The van der Waals surface area contributed by atoms with Crippen molar-refractivity contribution in [1.82, 2.24) is 4.90 Å². The van der Waals surface area contributed by atoms with E-state index >= 15 is 0 Å². The van der Waals surface area contributed by atoms with Crippen molar-refractivity contribution in [2.75, 3.05) is 32.1 Å². The zero-order chi connectivity index (χ0) is 23.4. The van der Waals surface area contributed by atoms with Crippen LogP contribution in [0.25, 0.3) is 0 Å². The van der Waals surface area contributed by atoms with E-state index in [1.54, 1.807) is 4.90 Å². The van der Waals surface area contributed by atoms with Crippen LogP contribution in [0.1, 0.15) is 42.1 Å². The fraction of sp³-hybridized carbons (Fsp3) is 0.375. The normalized spacial score (nSPS) is 16.4. The van der Waals surface area contributed by atoms with Crippen LogP contribution in [0.4, 0.5) is 10.1 Å². The molecule has 0 saturated carbocycles. The lowest BCUT2D eigenvalue weighted by Crippen LogP contribution is -2.39. The lowest BCUT2D eigenvalue weighted by Gasteiger charge is -2.25. The average Bonchev–Trinajstić information content (AvgIpc) is 3.06. The number of carboxylic acids is 1. The first-order valence-corrected chi connectivity index (χ1v) is 10.3. The van der Waals surface area contributed by atoms with Crippen LogP contribution in [0.3, 0.4) is 0 Å². The third kappa shape index (κ3) is 7.61. The fourth-order valence-corrected chi connectivity index (χ4v) is 3.39. The number of carbonyl (C=O) groups excluding carboxylic acids is 2. The summed E-state index contributed by atoms with van der Waals surface area (Å²) in [6, 6.07) is 12.7. The number of aliphatic carboxylic acids is 1. The zero-order valence-corrected chi connectivity index (χ0v) is 18.5. The molecular weight excluding hydrogens is 399 g/mol. The fourth-order valence-electron chi connectivity index (χ4n) is 3.39. The molecule has 0 radical (unpaired) electrons. The molecule has 0 amide bonds. The van der Waals surface area contributed by atoms with Crippen molar-refractivity contribution in [2.24, 2.45) is 0 Å². The number of nitrogens with zero attached hydrogens (tertiary/aromatic N) is 2. The van der Waals surface area contributed by atoms with Gasteiger partial charge in [0.25, 0.3) is 0 Å². The summed E-state index contributed by atoms with van der Waals surface area (Å²) in [6.07, 6.45) is 2.40. The van der Waals surface area contributed by atoms with Crippen molar-refractivity contribution in [1.29, 1.82) is 0 Å². The summed E-state index contributed by atoms with van der Waals surface area (Å²) in [4.78, 5) is 36.3. The Morgan fingerprint density at radius 2 is 1.71 bits per heavy atom. The molecule has 1 aliphatic rings. The van der Waals surface area contributed by atoms with E-state index in [4.69, 9.17) is 5.11 Å². The minimum atomic E-state index is -0.917. The molecule has 7 heteroatoms. The molecule has 1 aliphatic heterocycles. The van der Waals surface area contributed by atoms with Gasteiger partial charge in [-0.1, -0.05) is 32.0 Å². The molecule has 2 unspecified atom stereocenters. The molecule has 6 nitrogen and oxygen atoms in total. The number of benzene rings is 2. The largest absolute Gasteiger partial charge is 0.480 e. The molecule has 0 aromatic heterocycles. The van der Waals surface area contributed by atoms with Crippen molar-refractivity contribution in [3.63, 3.8) is 0 Å². The van der Waals surface area contributed by atoms with E-state index in [-0.39, 0.29) is 24.3 Å². The van der Waals surface area contributed by atoms with Crippen LogP contribution < -0.4 is 4.90 Å². The minimum Gasteiger partial charge on any atom is -0.480 e. The molecule has 1 N–H and O–H groups in total. The summed E-state index contributed by atoms with van der Waals surface area (Å²) in [5.74, 6) is -1.18. The Kier molecular flexibility index (Phi) is 11.1. The van der Waals surface area contributed by atoms with Gasteiger partial charge in [0.2, 0.25) is 0 Å². The molecule has 2 aromatic rings. The third-order valence-corrected chi connectivity index (χ3v) is 4.76. The van der Waals surface area contributed by atoms with Crippen LogP contribution in [0.5, 0.6) is 0 Å². The quantitative estimate of drug-likeness (QED) is 0.672. The maximum Gasteiger partial charge on any atom is 0.323 e. The lowest BCUT2D eigenvalue weighted by atomic mass is 9.92. The summed E-state index contributed by atoms with van der Waals surface area (Å²) in [5.41, 5.74) is 2.44. The number of rotatable bonds is 7. The van der Waals surface area contributed by atoms with Gasteiger partial charge in [0.15, 0.2) is 0 Å². The molecule has 0 saturated heterocycles. The van der Waals surface area contributed by atoms with Gasteiger partial charge < -0.3 is 19.7 Å². The highest BCUT2D eigenvalue weighted by molar-refractivity contribution is 5.82. The second-order valence-electron chi connectivity index (χ2n) is 7.07. The average molecular weight is 431 g/mol. The number of para-hydroxylation sites is 1. The van der Waals surface area contributed by atoms with Crippen LogP contribution in [-0.4, -0.2) is 61.8 Å². The second kappa shape index (κ2) is 13.3. The Morgan fingerprint density at radius 3 is 2.23 bits per heavy atom. The van der Waals surface area contributed by atoms with Crippen molar-refractivity contribution < 1.29 is 23.9 Å². The second-order valence-corrected chi connectivity index (χ2v) is 7.07. The zero-order valence-electron chi connectivity index (χ0n) is 18.5. The Bertz CT molecular complexity index is 840. The highest BCUT2D eigenvalue weighted by atomic mass is 19.1. The standard InChI is InChI=1S/C15H20N2O3.C7H5FO.C2H6/c1-16(2)8-7-12-11-5-3-4-6-13(11)17(9-15(19)20)14(12)10-18;8-7-3-1-6(5-9)2-4-7;1-2/h3-6,10,12,14H,7-9H2,1-2H3,(H,19,20);1-5H;1-2H3. The van der Waals surface area contributed by atoms with Gasteiger partial charge in [-0.15, -0.1) is 0 Å². The van der Waals surface area contributed by atoms with Gasteiger partial charge in [-0.05, 0) is 63.0 Å².